The van der Waals surface area contributed by atoms with Crippen LogP contribution in [0.3, 0.4) is 0 Å². The smallest absolute Gasteiger partial charge is 0.231 e. The van der Waals surface area contributed by atoms with Gasteiger partial charge in [-0.1, -0.05) is 43.9 Å². The Balaban J connectivity index is 1.94. The summed E-state index contributed by atoms with van der Waals surface area (Å²) in [5, 5.41) is 20.8. The van der Waals surface area contributed by atoms with Gasteiger partial charge in [0.2, 0.25) is 16.9 Å². The van der Waals surface area contributed by atoms with E-state index >= 15 is 0 Å². The zero-order chi connectivity index (χ0) is 18.6. The zero-order valence-corrected chi connectivity index (χ0v) is 16.5. The van der Waals surface area contributed by atoms with E-state index in [1.54, 1.807) is 11.8 Å². The number of hydrogen-bond acceptors (Lipinski definition) is 7. The van der Waals surface area contributed by atoms with Gasteiger partial charge in [-0.2, -0.15) is 5.26 Å². The quantitative estimate of drug-likeness (QED) is 0.549. The first kappa shape index (κ1) is 19.7. The van der Waals surface area contributed by atoms with Crippen molar-refractivity contribution in [2.45, 2.75) is 62.9 Å². The fourth-order valence-corrected chi connectivity index (χ4v) is 3.81. The lowest BCUT2D eigenvalue weighted by Crippen LogP contribution is -2.49. The number of hydrogen-bond donors (Lipinski definition) is 1. The van der Waals surface area contributed by atoms with Crippen LogP contribution in [-0.4, -0.2) is 39.3 Å². The highest BCUT2D eigenvalue weighted by Gasteiger charge is 2.35. The number of thioether (sulfide) groups is 1. The molecular formula is C16H23N5O2S2. The average molecular weight is 382 g/mol. The predicted molar refractivity (Wildman–Crippen MR) is 98.4 cm³/mol. The molecule has 0 spiro atoms. The summed E-state index contributed by atoms with van der Waals surface area (Å²) in [4.78, 5) is 25.9. The Labute approximate surface area is 156 Å². The topological polar surface area (TPSA) is 99.0 Å². The van der Waals surface area contributed by atoms with Gasteiger partial charge in [0, 0.05) is 12.5 Å². The first-order valence-corrected chi connectivity index (χ1v) is 10.1. The molecule has 0 radical (unpaired) electrons. The fraction of sp³-hybridized carbons (Fsp3) is 0.688. The van der Waals surface area contributed by atoms with E-state index in [0.29, 0.717) is 15.9 Å². The molecule has 1 aromatic rings. The van der Waals surface area contributed by atoms with Crippen molar-refractivity contribution in [1.82, 2.24) is 15.5 Å². The molecule has 1 aliphatic carbocycles. The first-order valence-electron chi connectivity index (χ1n) is 8.31. The molecule has 1 atom stereocenters. The van der Waals surface area contributed by atoms with Crippen molar-refractivity contribution in [2.75, 3.05) is 10.7 Å². The number of nitriles is 1. The number of anilines is 1. The van der Waals surface area contributed by atoms with Gasteiger partial charge in [0.1, 0.15) is 5.54 Å². The van der Waals surface area contributed by atoms with E-state index in [1.807, 2.05) is 20.8 Å². The van der Waals surface area contributed by atoms with Crippen molar-refractivity contribution in [3.8, 4) is 6.07 Å². The Kier molecular flexibility index (Phi) is 6.41. The van der Waals surface area contributed by atoms with Crippen LogP contribution in [0.4, 0.5) is 5.13 Å². The maximum absolute atomic E-state index is 12.1. The molecule has 0 unspecified atom stereocenters. The third-order valence-electron chi connectivity index (χ3n) is 4.20. The molecule has 1 fully saturated rings. The Morgan fingerprint density at radius 1 is 1.48 bits per heavy atom. The van der Waals surface area contributed by atoms with Crippen LogP contribution < -0.4 is 10.2 Å². The standard InChI is InChI=1S/C16H23N5O2S2/c1-5-13(23)21(11-6-7-11)14-19-20-15(25-14)24-8-12(22)18-16(4,9-17)10(2)3/h10-11H,5-8H2,1-4H3,(H,18,22)/t16-/m1/s1. The number of nitrogens with one attached hydrogen (secondary N) is 1. The highest BCUT2D eigenvalue weighted by molar-refractivity contribution is 8.01. The molecule has 0 saturated heterocycles. The van der Waals surface area contributed by atoms with Crippen LogP contribution in [0.5, 0.6) is 0 Å². The normalized spacial score (nSPS) is 16.2. The Bertz CT molecular complexity index is 680. The second-order valence-corrected chi connectivity index (χ2v) is 8.68. The van der Waals surface area contributed by atoms with E-state index in [4.69, 9.17) is 0 Å². The van der Waals surface area contributed by atoms with Crippen LogP contribution in [0.1, 0.15) is 47.0 Å². The highest BCUT2D eigenvalue weighted by atomic mass is 32.2. The van der Waals surface area contributed by atoms with E-state index in [9.17, 15) is 14.9 Å². The number of nitrogens with zero attached hydrogens (tertiary/aromatic N) is 4. The van der Waals surface area contributed by atoms with Crippen LogP contribution in [0.25, 0.3) is 0 Å². The summed E-state index contributed by atoms with van der Waals surface area (Å²) < 4.78 is 0.642. The Morgan fingerprint density at radius 2 is 2.16 bits per heavy atom. The maximum atomic E-state index is 12.1. The molecule has 136 valence electrons. The van der Waals surface area contributed by atoms with Crippen LogP contribution >= 0.6 is 23.1 Å². The maximum Gasteiger partial charge on any atom is 0.231 e. The predicted octanol–water partition coefficient (Wildman–Crippen LogP) is 2.59. The van der Waals surface area contributed by atoms with Crippen molar-refractivity contribution in [1.29, 1.82) is 5.26 Å². The van der Waals surface area contributed by atoms with Crippen molar-refractivity contribution in [2.24, 2.45) is 5.92 Å². The second-order valence-electron chi connectivity index (χ2n) is 6.50. The van der Waals surface area contributed by atoms with E-state index in [1.165, 1.54) is 23.1 Å². The summed E-state index contributed by atoms with van der Waals surface area (Å²) in [5.74, 6) is -0.00590. The summed E-state index contributed by atoms with van der Waals surface area (Å²) >= 11 is 2.59. The lowest BCUT2D eigenvalue weighted by atomic mass is 9.90. The van der Waals surface area contributed by atoms with Crippen LogP contribution in [0, 0.1) is 17.2 Å². The van der Waals surface area contributed by atoms with Crippen molar-refractivity contribution >= 4 is 40.0 Å². The molecule has 0 aromatic carbocycles. The number of aromatic nitrogens is 2. The zero-order valence-electron chi connectivity index (χ0n) is 14.9. The lowest BCUT2D eigenvalue weighted by Gasteiger charge is -2.27. The molecule has 2 amide bonds. The third-order valence-corrected chi connectivity index (χ3v) is 6.25. The van der Waals surface area contributed by atoms with E-state index in [0.717, 1.165) is 12.8 Å². The van der Waals surface area contributed by atoms with Gasteiger partial charge in [-0.15, -0.1) is 10.2 Å². The molecule has 1 saturated carbocycles. The SMILES string of the molecule is CCC(=O)N(c1nnc(SCC(=O)N[C@](C)(C#N)C(C)C)s1)C1CC1. The number of amides is 2. The van der Waals surface area contributed by atoms with Crippen molar-refractivity contribution in [3.63, 3.8) is 0 Å². The van der Waals surface area contributed by atoms with E-state index < -0.39 is 5.54 Å². The molecular weight excluding hydrogens is 358 g/mol. The second kappa shape index (κ2) is 8.15. The van der Waals surface area contributed by atoms with Gasteiger partial charge < -0.3 is 5.32 Å². The van der Waals surface area contributed by atoms with Gasteiger partial charge in [-0.25, -0.2) is 0 Å². The molecule has 7 nitrogen and oxygen atoms in total. The first-order chi connectivity index (χ1) is 11.8. The van der Waals surface area contributed by atoms with Gasteiger partial charge >= 0.3 is 0 Å². The lowest BCUT2D eigenvalue weighted by molar-refractivity contribution is -0.120. The minimum atomic E-state index is -0.889. The molecule has 2 rings (SSSR count). The molecule has 1 N–H and O–H groups in total. The molecule has 25 heavy (non-hydrogen) atoms. The summed E-state index contributed by atoms with van der Waals surface area (Å²) in [6.45, 7) is 7.34. The largest absolute Gasteiger partial charge is 0.337 e. The van der Waals surface area contributed by atoms with Gasteiger partial charge in [0.05, 0.1) is 11.8 Å². The van der Waals surface area contributed by atoms with Crippen LogP contribution in [0.2, 0.25) is 0 Å². The number of carbonyl (C=O) groups is 2. The fourth-order valence-electron chi connectivity index (χ4n) is 2.08. The van der Waals surface area contributed by atoms with Gasteiger partial charge in [-0.3, -0.25) is 14.5 Å². The molecule has 9 heteroatoms. The molecule has 0 bridgehead atoms. The Morgan fingerprint density at radius 3 is 2.68 bits per heavy atom. The highest BCUT2D eigenvalue weighted by Crippen LogP contribution is 2.36. The minimum absolute atomic E-state index is 0.00624. The summed E-state index contributed by atoms with van der Waals surface area (Å²) in [7, 11) is 0. The average Bonchev–Trinajstić information content (AvgIpc) is 3.30. The third kappa shape index (κ3) is 4.92. The van der Waals surface area contributed by atoms with E-state index in [2.05, 4.69) is 21.6 Å². The molecule has 1 aliphatic rings. The molecule has 0 aliphatic heterocycles. The van der Waals surface area contributed by atoms with Crippen LogP contribution in [-0.2, 0) is 9.59 Å². The molecule has 1 heterocycles. The van der Waals surface area contributed by atoms with Gasteiger partial charge in [-0.05, 0) is 25.7 Å². The number of carbonyl (C=O) groups excluding carboxylic acids is 2. The van der Waals surface area contributed by atoms with Gasteiger partial charge in [0.25, 0.3) is 0 Å². The minimum Gasteiger partial charge on any atom is -0.337 e. The Hall–Kier alpha value is -1.66. The summed E-state index contributed by atoms with van der Waals surface area (Å²) in [6, 6.07) is 2.39. The van der Waals surface area contributed by atoms with Gasteiger partial charge in [0.15, 0.2) is 4.34 Å². The molecule has 1 aromatic heterocycles. The summed E-state index contributed by atoms with van der Waals surface area (Å²) in [5.41, 5.74) is -0.889. The van der Waals surface area contributed by atoms with Crippen molar-refractivity contribution < 1.29 is 9.59 Å². The number of rotatable bonds is 8. The monoisotopic (exact) mass is 381 g/mol. The van der Waals surface area contributed by atoms with Crippen molar-refractivity contribution in [3.05, 3.63) is 0 Å². The van der Waals surface area contributed by atoms with Crippen LogP contribution in [0.15, 0.2) is 4.34 Å². The van der Waals surface area contributed by atoms with E-state index in [-0.39, 0.29) is 29.5 Å². The summed E-state index contributed by atoms with van der Waals surface area (Å²) in [6.07, 6.45) is 2.43.